The van der Waals surface area contributed by atoms with Crippen molar-refractivity contribution in [2.45, 2.75) is 26.5 Å². The zero-order chi connectivity index (χ0) is 20.8. The first kappa shape index (κ1) is 20.6. The number of carbonyl (C=O) groups excluding carboxylic acids is 1. The molecule has 150 valence electrons. The maximum absolute atomic E-state index is 12.9. The van der Waals surface area contributed by atoms with Crippen molar-refractivity contribution in [1.29, 1.82) is 0 Å². The van der Waals surface area contributed by atoms with E-state index in [4.69, 9.17) is 20.9 Å². The van der Waals surface area contributed by atoms with Gasteiger partial charge < -0.3 is 14.2 Å². The third-order valence-electron chi connectivity index (χ3n) is 4.21. The third-order valence-corrected chi connectivity index (χ3v) is 4.46. The molecular formula is C22H22ClN3O3. The zero-order valence-corrected chi connectivity index (χ0v) is 17.1. The highest BCUT2D eigenvalue weighted by Crippen LogP contribution is 2.20. The molecule has 3 rings (SSSR count). The first-order chi connectivity index (χ1) is 14.0. The summed E-state index contributed by atoms with van der Waals surface area (Å²) in [7, 11) is 0. The van der Waals surface area contributed by atoms with E-state index in [1.54, 1.807) is 42.2 Å². The minimum Gasteiger partial charge on any atom is -0.481 e. The molecule has 3 aromatic rings. The van der Waals surface area contributed by atoms with Crippen LogP contribution in [0.3, 0.4) is 0 Å². The van der Waals surface area contributed by atoms with Crippen molar-refractivity contribution in [1.82, 2.24) is 15.0 Å². The van der Waals surface area contributed by atoms with Crippen LogP contribution in [0.1, 0.15) is 18.4 Å². The van der Waals surface area contributed by atoms with Gasteiger partial charge in [0.2, 0.25) is 11.7 Å². The van der Waals surface area contributed by atoms with Gasteiger partial charge in [0.1, 0.15) is 12.3 Å². The van der Waals surface area contributed by atoms with Gasteiger partial charge in [-0.1, -0.05) is 35.0 Å². The number of halogens is 1. The number of amides is 1. The molecule has 0 spiro atoms. The van der Waals surface area contributed by atoms with Crippen molar-refractivity contribution in [2.24, 2.45) is 0 Å². The minimum absolute atomic E-state index is 0.160. The molecule has 0 radical (unpaired) electrons. The first-order valence-corrected chi connectivity index (χ1v) is 9.55. The molecule has 0 N–H and O–H groups in total. The van der Waals surface area contributed by atoms with Crippen molar-refractivity contribution in [2.75, 3.05) is 6.54 Å². The van der Waals surface area contributed by atoms with Crippen LogP contribution in [0.25, 0.3) is 11.4 Å². The lowest BCUT2D eigenvalue weighted by atomic mass is 10.2. The first-order valence-electron chi connectivity index (χ1n) is 9.18. The maximum atomic E-state index is 12.9. The molecule has 7 heteroatoms. The number of nitrogens with zero attached hydrogens (tertiary/aromatic N) is 3. The zero-order valence-electron chi connectivity index (χ0n) is 16.3. The molecule has 0 saturated heterocycles. The van der Waals surface area contributed by atoms with Gasteiger partial charge >= 0.3 is 0 Å². The van der Waals surface area contributed by atoms with E-state index in [2.05, 4.69) is 16.7 Å². The minimum atomic E-state index is -0.671. The second-order valence-corrected chi connectivity index (χ2v) is 7.04. The maximum Gasteiger partial charge on any atom is 0.264 e. The van der Waals surface area contributed by atoms with E-state index in [1.807, 2.05) is 31.2 Å². The van der Waals surface area contributed by atoms with E-state index in [9.17, 15) is 4.79 Å². The summed E-state index contributed by atoms with van der Waals surface area (Å²) in [4.78, 5) is 18.8. The highest BCUT2D eigenvalue weighted by Gasteiger charge is 2.23. The summed E-state index contributed by atoms with van der Waals surface area (Å²) in [5.41, 5.74) is 1.84. The van der Waals surface area contributed by atoms with Crippen molar-refractivity contribution >= 4 is 17.5 Å². The Morgan fingerprint density at radius 1 is 1.31 bits per heavy atom. The molecule has 0 aliphatic rings. The van der Waals surface area contributed by atoms with Crippen LogP contribution in [0.4, 0.5) is 0 Å². The average Bonchev–Trinajstić information content (AvgIpc) is 3.16. The summed E-state index contributed by atoms with van der Waals surface area (Å²) in [5, 5.41) is 4.61. The number of ether oxygens (including phenoxy) is 1. The van der Waals surface area contributed by atoms with Crippen molar-refractivity contribution in [3.8, 4) is 17.1 Å². The van der Waals surface area contributed by atoms with Gasteiger partial charge in [-0.25, -0.2) is 0 Å². The Balaban J connectivity index is 1.70. The molecular weight excluding hydrogens is 390 g/mol. The van der Waals surface area contributed by atoms with Crippen LogP contribution in [0, 0.1) is 6.92 Å². The lowest BCUT2D eigenvalue weighted by molar-refractivity contribution is -0.138. The van der Waals surface area contributed by atoms with Crippen LogP contribution >= 0.6 is 11.6 Å². The quantitative estimate of drug-likeness (QED) is 0.503. The van der Waals surface area contributed by atoms with Crippen molar-refractivity contribution in [3.05, 3.63) is 77.7 Å². The number of hydrogen-bond acceptors (Lipinski definition) is 5. The molecule has 1 unspecified atom stereocenters. The fourth-order valence-electron chi connectivity index (χ4n) is 2.79. The smallest absolute Gasteiger partial charge is 0.264 e. The number of aryl methyl sites for hydroxylation is 1. The fraction of sp³-hybridized carbons (Fsp3) is 0.227. The van der Waals surface area contributed by atoms with E-state index >= 15 is 0 Å². The summed E-state index contributed by atoms with van der Waals surface area (Å²) in [5.74, 6) is 1.21. The lowest BCUT2D eigenvalue weighted by Crippen LogP contribution is -2.40. The normalized spacial score (nSPS) is 11.7. The van der Waals surface area contributed by atoms with Gasteiger partial charge in [0.05, 0.1) is 0 Å². The van der Waals surface area contributed by atoms with Crippen LogP contribution in [0.2, 0.25) is 5.02 Å². The summed E-state index contributed by atoms with van der Waals surface area (Å²) < 4.78 is 11.1. The summed E-state index contributed by atoms with van der Waals surface area (Å²) in [6.45, 7) is 7.90. The Hall–Kier alpha value is -3.12. The predicted octanol–water partition coefficient (Wildman–Crippen LogP) is 4.68. The average molecular weight is 412 g/mol. The van der Waals surface area contributed by atoms with Crippen LogP contribution in [-0.4, -0.2) is 33.6 Å². The Labute approximate surface area is 174 Å². The molecule has 2 aromatic carbocycles. The van der Waals surface area contributed by atoms with Crippen molar-refractivity contribution < 1.29 is 14.1 Å². The molecule has 0 saturated carbocycles. The molecule has 0 aliphatic carbocycles. The van der Waals surface area contributed by atoms with Crippen LogP contribution in [-0.2, 0) is 11.3 Å². The largest absolute Gasteiger partial charge is 0.481 e. The van der Waals surface area contributed by atoms with Crippen LogP contribution in [0.15, 0.2) is 65.7 Å². The second-order valence-electron chi connectivity index (χ2n) is 6.60. The highest BCUT2D eigenvalue weighted by atomic mass is 35.5. The Morgan fingerprint density at radius 2 is 2.07 bits per heavy atom. The molecule has 1 heterocycles. The van der Waals surface area contributed by atoms with E-state index in [0.717, 1.165) is 11.1 Å². The molecule has 6 nitrogen and oxygen atoms in total. The van der Waals surface area contributed by atoms with Crippen LogP contribution in [0.5, 0.6) is 5.75 Å². The summed E-state index contributed by atoms with van der Waals surface area (Å²) >= 11 is 5.91. The van der Waals surface area contributed by atoms with Gasteiger partial charge in [-0.2, -0.15) is 4.98 Å². The summed E-state index contributed by atoms with van der Waals surface area (Å²) in [6, 6.07) is 14.7. The number of hydrogen-bond donors (Lipinski definition) is 0. The van der Waals surface area contributed by atoms with Gasteiger partial charge in [0.25, 0.3) is 5.91 Å². The Bertz CT molecular complexity index is 985. The van der Waals surface area contributed by atoms with Crippen molar-refractivity contribution in [3.63, 3.8) is 0 Å². The Kier molecular flexibility index (Phi) is 6.67. The molecule has 1 atom stereocenters. The van der Waals surface area contributed by atoms with E-state index in [0.29, 0.717) is 29.0 Å². The third kappa shape index (κ3) is 5.45. The van der Waals surface area contributed by atoms with Gasteiger partial charge in [0.15, 0.2) is 6.10 Å². The second kappa shape index (κ2) is 9.39. The molecule has 29 heavy (non-hydrogen) atoms. The fourth-order valence-corrected chi connectivity index (χ4v) is 2.91. The number of rotatable bonds is 8. The van der Waals surface area contributed by atoms with E-state index < -0.39 is 6.10 Å². The topological polar surface area (TPSA) is 68.5 Å². The van der Waals surface area contributed by atoms with E-state index in [1.165, 1.54) is 0 Å². The highest BCUT2D eigenvalue weighted by molar-refractivity contribution is 6.30. The molecule has 0 fully saturated rings. The number of aromatic nitrogens is 2. The van der Waals surface area contributed by atoms with Crippen LogP contribution < -0.4 is 4.74 Å². The van der Waals surface area contributed by atoms with Gasteiger partial charge in [-0.05, 0) is 55.8 Å². The van der Waals surface area contributed by atoms with Gasteiger partial charge in [0, 0.05) is 17.1 Å². The monoisotopic (exact) mass is 411 g/mol. The molecule has 0 bridgehead atoms. The van der Waals surface area contributed by atoms with E-state index in [-0.39, 0.29) is 12.5 Å². The van der Waals surface area contributed by atoms with Gasteiger partial charge in [-0.3, -0.25) is 4.79 Å². The molecule has 0 aliphatic heterocycles. The lowest BCUT2D eigenvalue weighted by Gasteiger charge is -2.23. The Morgan fingerprint density at radius 3 is 2.76 bits per heavy atom. The predicted molar refractivity (Wildman–Crippen MR) is 112 cm³/mol. The number of carbonyl (C=O) groups is 1. The summed E-state index contributed by atoms with van der Waals surface area (Å²) in [6.07, 6.45) is 0.976. The van der Waals surface area contributed by atoms with Gasteiger partial charge in [-0.15, -0.1) is 6.58 Å². The SMILES string of the molecule is C=CCN(Cc1nc(-c2ccc(Cl)cc2)no1)C(=O)C(C)Oc1cccc(C)c1. The molecule has 1 amide bonds. The standard InChI is InChI=1S/C22H22ClN3O3/c1-4-12-26(22(27)16(3)28-19-7-5-6-15(2)13-19)14-20-24-21(25-29-20)17-8-10-18(23)11-9-17/h4-11,13,16H,1,12,14H2,2-3H3. The molecule has 1 aromatic heterocycles. The number of benzene rings is 2.